The number of rotatable bonds is 5. The molecule has 2 unspecified atom stereocenters. The van der Waals surface area contributed by atoms with E-state index in [1.165, 1.54) is 32.1 Å². The maximum absolute atomic E-state index is 13.1. The molecular formula is C22H28BrN3O. The van der Waals surface area contributed by atoms with E-state index in [0.29, 0.717) is 16.7 Å². The zero-order valence-electron chi connectivity index (χ0n) is 16.0. The highest BCUT2D eigenvalue weighted by Gasteiger charge is 2.57. The Bertz CT molecular complexity index is 875. The molecule has 4 nitrogen and oxygen atoms in total. The Morgan fingerprint density at radius 1 is 1.26 bits per heavy atom. The van der Waals surface area contributed by atoms with E-state index in [1.54, 1.807) is 0 Å². The van der Waals surface area contributed by atoms with Crippen molar-refractivity contribution in [1.29, 1.82) is 0 Å². The molecular weight excluding hydrogens is 402 g/mol. The summed E-state index contributed by atoms with van der Waals surface area (Å²) in [5.74, 6) is 2.47. The molecule has 4 aliphatic rings. The van der Waals surface area contributed by atoms with Gasteiger partial charge in [0.2, 0.25) is 11.9 Å². The number of hydrogen-bond donors (Lipinski definition) is 1. The lowest BCUT2D eigenvalue weighted by Crippen LogP contribution is -2.53. The van der Waals surface area contributed by atoms with Gasteiger partial charge in [0.15, 0.2) is 0 Å². The molecule has 1 aromatic heterocycles. The second-order valence-corrected chi connectivity index (χ2v) is 11.1. The minimum absolute atomic E-state index is 0.140. The lowest BCUT2D eigenvalue weighted by Gasteiger charge is -2.60. The van der Waals surface area contributed by atoms with E-state index < -0.39 is 0 Å². The smallest absolute Gasteiger partial charge is 0.227 e. The molecule has 1 heterocycles. The van der Waals surface area contributed by atoms with E-state index in [2.05, 4.69) is 38.8 Å². The highest BCUT2D eigenvalue weighted by atomic mass is 79.9. The van der Waals surface area contributed by atoms with Crippen LogP contribution in [0.5, 0.6) is 0 Å². The molecule has 6 rings (SSSR count). The number of halogens is 1. The molecule has 2 aromatic rings. The van der Waals surface area contributed by atoms with Crippen molar-refractivity contribution in [3.63, 3.8) is 0 Å². The van der Waals surface area contributed by atoms with Gasteiger partial charge in [-0.1, -0.05) is 35.0 Å². The fourth-order valence-corrected chi connectivity index (χ4v) is 8.18. The predicted molar refractivity (Wildman–Crippen MR) is 112 cm³/mol. The van der Waals surface area contributed by atoms with Gasteiger partial charge in [0, 0.05) is 17.3 Å². The third-order valence-corrected chi connectivity index (χ3v) is 7.93. The zero-order chi connectivity index (χ0) is 18.6. The van der Waals surface area contributed by atoms with Crippen molar-refractivity contribution in [3.8, 4) is 0 Å². The first-order chi connectivity index (χ1) is 13.0. The van der Waals surface area contributed by atoms with Crippen LogP contribution in [0.3, 0.4) is 0 Å². The summed E-state index contributed by atoms with van der Waals surface area (Å²) in [7, 11) is 0. The van der Waals surface area contributed by atoms with E-state index in [4.69, 9.17) is 4.98 Å². The van der Waals surface area contributed by atoms with Crippen LogP contribution in [0.15, 0.2) is 24.3 Å². The van der Waals surface area contributed by atoms with Gasteiger partial charge in [-0.25, -0.2) is 4.98 Å². The zero-order valence-corrected chi connectivity index (χ0v) is 17.6. The molecule has 144 valence electrons. The maximum Gasteiger partial charge on any atom is 0.227 e. The highest BCUT2D eigenvalue weighted by Crippen LogP contribution is 2.65. The SMILES string of the molecule is CCCn1c(NC(=O)CC23C[C@@H]4C[C@@H](CC(Br)(C4)C2)C3)nc2ccccc21. The van der Waals surface area contributed by atoms with Crippen molar-refractivity contribution in [2.24, 2.45) is 17.3 Å². The number of carbonyl (C=O) groups excluding carboxylic acids is 1. The molecule has 4 bridgehead atoms. The van der Waals surface area contributed by atoms with Crippen molar-refractivity contribution in [1.82, 2.24) is 9.55 Å². The summed E-state index contributed by atoms with van der Waals surface area (Å²) in [6.45, 7) is 3.03. The number of anilines is 1. The Morgan fingerprint density at radius 2 is 2.00 bits per heavy atom. The summed E-state index contributed by atoms with van der Waals surface area (Å²) < 4.78 is 2.45. The molecule has 0 spiro atoms. The molecule has 4 fully saturated rings. The van der Waals surface area contributed by atoms with E-state index in [0.717, 1.165) is 42.3 Å². The third-order valence-electron chi connectivity index (χ3n) is 7.00. The van der Waals surface area contributed by atoms with E-state index in [9.17, 15) is 4.79 Å². The van der Waals surface area contributed by atoms with Gasteiger partial charge in [-0.05, 0) is 74.3 Å². The number of alkyl halides is 1. The number of para-hydroxylation sites is 2. The summed E-state index contributed by atoms with van der Waals surface area (Å²) >= 11 is 4.06. The van der Waals surface area contributed by atoms with Gasteiger partial charge < -0.3 is 4.57 Å². The Kier molecular flexibility index (Phi) is 4.15. The molecule has 4 atom stereocenters. The number of aryl methyl sites for hydroxylation is 1. The van der Waals surface area contributed by atoms with Crippen molar-refractivity contribution < 1.29 is 4.79 Å². The predicted octanol–water partition coefficient (Wildman–Crippen LogP) is 5.51. The summed E-state index contributed by atoms with van der Waals surface area (Å²) in [4.78, 5) is 17.8. The summed E-state index contributed by atoms with van der Waals surface area (Å²) in [5, 5.41) is 3.17. The molecule has 0 saturated heterocycles. The summed E-state index contributed by atoms with van der Waals surface area (Å²) in [5.41, 5.74) is 2.25. The molecule has 1 amide bonds. The van der Waals surface area contributed by atoms with Gasteiger partial charge >= 0.3 is 0 Å². The van der Waals surface area contributed by atoms with E-state index >= 15 is 0 Å². The highest BCUT2D eigenvalue weighted by molar-refractivity contribution is 9.10. The molecule has 5 heteroatoms. The first kappa shape index (κ1) is 17.7. The molecule has 4 saturated carbocycles. The first-order valence-electron chi connectivity index (χ1n) is 10.4. The molecule has 1 N–H and O–H groups in total. The van der Waals surface area contributed by atoms with Crippen LogP contribution < -0.4 is 5.32 Å². The summed E-state index contributed by atoms with van der Waals surface area (Å²) in [6.07, 6.45) is 9.27. The van der Waals surface area contributed by atoms with Gasteiger partial charge in [0.1, 0.15) is 0 Å². The van der Waals surface area contributed by atoms with Crippen LogP contribution in [0.1, 0.15) is 58.3 Å². The number of fused-ring (bicyclic) bond motifs is 1. The Morgan fingerprint density at radius 3 is 2.70 bits per heavy atom. The van der Waals surface area contributed by atoms with Crippen molar-refractivity contribution in [2.45, 2.75) is 69.2 Å². The lowest BCUT2D eigenvalue weighted by atomic mass is 9.48. The molecule has 1 aromatic carbocycles. The largest absolute Gasteiger partial charge is 0.310 e. The minimum Gasteiger partial charge on any atom is -0.310 e. The second-order valence-electron chi connectivity index (χ2n) is 9.41. The lowest BCUT2D eigenvalue weighted by molar-refractivity contribution is -0.123. The first-order valence-corrected chi connectivity index (χ1v) is 11.2. The fourth-order valence-electron chi connectivity index (χ4n) is 6.67. The Hall–Kier alpha value is -1.36. The van der Waals surface area contributed by atoms with Gasteiger partial charge in [0.25, 0.3) is 0 Å². The number of aromatic nitrogens is 2. The van der Waals surface area contributed by atoms with Crippen molar-refractivity contribution in [2.75, 3.05) is 5.32 Å². The van der Waals surface area contributed by atoms with Crippen LogP contribution in [-0.2, 0) is 11.3 Å². The van der Waals surface area contributed by atoms with Crippen molar-refractivity contribution in [3.05, 3.63) is 24.3 Å². The standard InChI is InChI=1S/C22H28BrN3O/c1-2-7-26-18-6-4-3-5-17(18)24-20(26)25-19(27)13-21-9-15-8-16(10-21)12-22(23,11-15)14-21/h3-6,15-16H,2,7-14H2,1H3,(H,24,25,27)/t15-,16+,21?,22?. The van der Waals surface area contributed by atoms with Crippen LogP contribution in [0.4, 0.5) is 5.95 Å². The number of hydrogen-bond acceptors (Lipinski definition) is 2. The average molecular weight is 430 g/mol. The average Bonchev–Trinajstić information content (AvgIpc) is 2.90. The van der Waals surface area contributed by atoms with Crippen LogP contribution in [0, 0.1) is 17.3 Å². The van der Waals surface area contributed by atoms with E-state index in [1.807, 2.05) is 18.2 Å². The van der Waals surface area contributed by atoms with Crippen LogP contribution in [0.2, 0.25) is 0 Å². The molecule has 0 radical (unpaired) electrons. The van der Waals surface area contributed by atoms with Crippen molar-refractivity contribution >= 4 is 38.8 Å². The molecule has 27 heavy (non-hydrogen) atoms. The summed E-state index contributed by atoms with van der Waals surface area (Å²) in [6, 6.07) is 8.14. The van der Waals surface area contributed by atoms with E-state index in [-0.39, 0.29) is 11.3 Å². The normalized spacial score (nSPS) is 34.3. The van der Waals surface area contributed by atoms with Crippen LogP contribution >= 0.6 is 15.9 Å². The number of benzene rings is 1. The van der Waals surface area contributed by atoms with Gasteiger partial charge in [-0.2, -0.15) is 0 Å². The monoisotopic (exact) mass is 429 g/mol. The number of amides is 1. The number of imidazole rings is 1. The Balaban J connectivity index is 1.37. The number of nitrogens with zero attached hydrogens (tertiary/aromatic N) is 2. The van der Waals surface area contributed by atoms with Crippen LogP contribution in [-0.4, -0.2) is 19.8 Å². The quantitative estimate of drug-likeness (QED) is 0.636. The van der Waals surface area contributed by atoms with Gasteiger partial charge in [0.05, 0.1) is 11.0 Å². The molecule has 0 aliphatic heterocycles. The minimum atomic E-state index is 0.140. The number of carbonyl (C=O) groups is 1. The third kappa shape index (κ3) is 3.12. The maximum atomic E-state index is 13.1. The van der Waals surface area contributed by atoms with Gasteiger partial charge in [-0.15, -0.1) is 0 Å². The molecule has 4 aliphatic carbocycles. The number of nitrogens with one attached hydrogen (secondary N) is 1. The fraction of sp³-hybridized carbons (Fsp3) is 0.636. The van der Waals surface area contributed by atoms with Crippen LogP contribution in [0.25, 0.3) is 11.0 Å². The Labute approximate surface area is 169 Å². The van der Waals surface area contributed by atoms with Gasteiger partial charge in [-0.3, -0.25) is 10.1 Å². The second kappa shape index (κ2) is 6.33. The topological polar surface area (TPSA) is 46.9 Å².